The first kappa shape index (κ1) is 11.1. The number of hydrogen-bond acceptors (Lipinski definition) is 3. The maximum atomic E-state index is 10.4. The molecule has 0 saturated carbocycles. The molecule has 0 aliphatic carbocycles. The molecule has 0 fully saturated rings. The Morgan fingerprint density at radius 1 is 1.31 bits per heavy atom. The van der Waals surface area contributed by atoms with Gasteiger partial charge in [0.25, 0.3) is 0 Å². The van der Waals surface area contributed by atoms with E-state index in [-0.39, 0.29) is 0 Å². The summed E-state index contributed by atoms with van der Waals surface area (Å²) in [6.07, 6.45) is 2.22. The number of aromatic nitrogens is 3. The first-order chi connectivity index (χ1) is 7.69. The second kappa shape index (κ2) is 4.63. The minimum Gasteiger partial charge on any atom is -0.296 e. The van der Waals surface area contributed by atoms with Gasteiger partial charge in [0.2, 0.25) is 0 Å². The van der Waals surface area contributed by atoms with Crippen molar-refractivity contribution in [2.24, 2.45) is 0 Å². The van der Waals surface area contributed by atoms with Gasteiger partial charge < -0.3 is 0 Å². The molecule has 1 aromatic carbocycles. The second-order valence-corrected chi connectivity index (χ2v) is 4.02. The highest BCUT2D eigenvalue weighted by molar-refractivity contribution is 6.42. The van der Waals surface area contributed by atoms with Crippen LogP contribution in [0.15, 0.2) is 24.4 Å². The Labute approximate surface area is 102 Å². The number of nitrogens with zero attached hydrogens (tertiary/aromatic N) is 3. The lowest BCUT2D eigenvalue weighted by Gasteiger charge is -2.02. The van der Waals surface area contributed by atoms with Crippen LogP contribution in [0.4, 0.5) is 0 Å². The van der Waals surface area contributed by atoms with Gasteiger partial charge in [0.1, 0.15) is 5.69 Å². The van der Waals surface area contributed by atoms with Crippen molar-refractivity contribution in [1.82, 2.24) is 15.0 Å². The molecule has 0 spiro atoms. The number of rotatable bonds is 3. The van der Waals surface area contributed by atoms with Gasteiger partial charge in [-0.2, -0.15) is 0 Å². The Balaban J connectivity index is 2.20. The van der Waals surface area contributed by atoms with Crippen molar-refractivity contribution < 1.29 is 4.79 Å². The van der Waals surface area contributed by atoms with Crippen LogP contribution in [0.1, 0.15) is 16.1 Å². The Morgan fingerprint density at radius 3 is 2.75 bits per heavy atom. The molecule has 4 nitrogen and oxygen atoms in total. The summed E-state index contributed by atoms with van der Waals surface area (Å²) in [5, 5.41) is 8.46. The third-order valence-electron chi connectivity index (χ3n) is 2.01. The number of halogens is 2. The lowest BCUT2D eigenvalue weighted by atomic mass is 10.2. The van der Waals surface area contributed by atoms with Gasteiger partial charge >= 0.3 is 0 Å². The van der Waals surface area contributed by atoms with E-state index in [1.807, 2.05) is 6.07 Å². The predicted octanol–water partition coefficient (Wildman–Crippen LogP) is 2.45. The number of benzene rings is 1. The van der Waals surface area contributed by atoms with Crippen molar-refractivity contribution in [2.75, 3.05) is 0 Å². The zero-order valence-corrected chi connectivity index (χ0v) is 9.61. The van der Waals surface area contributed by atoms with E-state index in [1.54, 1.807) is 23.0 Å². The van der Waals surface area contributed by atoms with Crippen LogP contribution in [0.5, 0.6) is 0 Å². The average Bonchev–Trinajstić information content (AvgIpc) is 2.71. The summed E-state index contributed by atoms with van der Waals surface area (Å²) in [6.45, 7) is 0.498. The minimum absolute atomic E-state index is 0.306. The van der Waals surface area contributed by atoms with E-state index >= 15 is 0 Å². The molecule has 0 saturated heterocycles. The molecular formula is C10H7Cl2N3O. The van der Waals surface area contributed by atoms with Crippen molar-refractivity contribution >= 4 is 29.5 Å². The number of hydrogen-bond donors (Lipinski definition) is 0. The summed E-state index contributed by atoms with van der Waals surface area (Å²) < 4.78 is 1.56. The third-order valence-corrected chi connectivity index (χ3v) is 2.74. The van der Waals surface area contributed by atoms with Gasteiger partial charge in [0, 0.05) is 0 Å². The van der Waals surface area contributed by atoms with Crippen molar-refractivity contribution in [2.45, 2.75) is 6.54 Å². The Bertz CT molecular complexity index is 525. The highest BCUT2D eigenvalue weighted by Gasteiger charge is 2.02. The van der Waals surface area contributed by atoms with Gasteiger partial charge in [0.15, 0.2) is 6.29 Å². The third kappa shape index (κ3) is 2.40. The van der Waals surface area contributed by atoms with Crippen LogP contribution in [0.25, 0.3) is 0 Å². The van der Waals surface area contributed by atoms with Crippen LogP contribution in [0, 0.1) is 0 Å². The highest BCUT2D eigenvalue weighted by Crippen LogP contribution is 2.22. The van der Waals surface area contributed by atoms with Gasteiger partial charge in [-0.3, -0.25) is 4.79 Å². The van der Waals surface area contributed by atoms with Crippen molar-refractivity contribution in [3.8, 4) is 0 Å². The molecule has 0 aliphatic heterocycles. The number of carbonyl (C=O) groups excluding carboxylic acids is 1. The molecule has 1 heterocycles. The second-order valence-electron chi connectivity index (χ2n) is 3.21. The van der Waals surface area contributed by atoms with E-state index in [4.69, 9.17) is 23.2 Å². The molecule has 1 aromatic heterocycles. The van der Waals surface area contributed by atoms with Gasteiger partial charge in [-0.25, -0.2) is 4.68 Å². The first-order valence-electron chi connectivity index (χ1n) is 4.48. The Hall–Kier alpha value is -1.39. The van der Waals surface area contributed by atoms with Crippen LogP contribution < -0.4 is 0 Å². The van der Waals surface area contributed by atoms with Crippen LogP contribution >= 0.6 is 23.2 Å². The molecular weight excluding hydrogens is 249 g/mol. The normalized spacial score (nSPS) is 10.4. The summed E-state index contributed by atoms with van der Waals surface area (Å²) in [7, 11) is 0. The van der Waals surface area contributed by atoms with E-state index < -0.39 is 0 Å². The number of aldehydes is 1. The molecule has 2 rings (SSSR count). The zero-order chi connectivity index (χ0) is 11.5. The van der Waals surface area contributed by atoms with Gasteiger partial charge in [-0.15, -0.1) is 5.10 Å². The highest BCUT2D eigenvalue weighted by atomic mass is 35.5. The fourth-order valence-corrected chi connectivity index (χ4v) is 1.59. The van der Waals surface area contributed by atoms with E-state index in [0.29, 0.717) is 28.6 Å². The van der Waals surface area contributed by atoms with Crippen molar-refractivity contribution in [3.63, 3.8) is 0 Å². The Kier molecular flexibility index (Phi) is 3.22. The van der Waals surface area contributed by atoms with E-state index in [9.17, 15) is 4.79 Å². The summed E-state index contributed by atoms with van der Waals surface area (Å²) in [5.74, 6) is 0. The van der Waals surface area contributed by atoms with Gasteiger partial charge in [-0.1, -0.05) is 34.5 Å². The molecule has 0 radical (unpaired) electrons. The van der Waals surface area contributed by atoms with Crippen LogP contribution in [-0.2, 0) is 6.54 Å². The quantitative estimate of drug-likeness (QED) is 0.792. The average molecular weight is 256 g/mol. The maximum absolute atomic E-state index is 10.4. The van der Waals surface area contributed by atoms with Crippen molar-refractivity contribution in [1.29, 1.82) is 0 Å². The Morgan fingerprint density at radius 2 is 2.12 bits per heavy atom. The van der Waals surface area contributed by atoms with Crippen LogP contribution in [0.3, 0.4) is 0 Å². The standard InChI is InChI=1S/C10H7Cl2N3O/c11-9-2-1-7(3-10(9)12)4-15-5-8(6-16)13-14-15/h1-3,5-6H,4H2. The van der Waals surface area contributed by atoms with Gasteiger partial charge in [0.05, 0.1) is 22.8 Å². The molecule has 0 unspecified atom stereocenters. The maximum Gasteiger partial charge on any atom is 0.171 e. The zero-order valence-electron chi connectivity index (χ0n) is 8.10. The smallest absolute Gasteiger partial charge is 0.171 e. The van der Waals surface area contributed by atoms with Crippen molar-refractivity contribution in [3.05, 3.63) is 45.7 Å². The monoisotopic (exact) mass is 255 g/mol. The topological polar surface area (TPSA) is 47.8 Å². The summed E-state index contributed by atoms with van der Waals surface area (Å²) in [5.41, 5.74) is 1.25. The summed E-state index contributed by atoms with van der Waals surface area (Å²) >= 11 is 11.7. The minimum atomic E-state index is 0.306. The molecule has 0 bridgehead atoms. The molecule has 0 aliphatic rings. The van der Waals surface area contributed by atoms with Crippen LogP contribution in [-0.4, -0.2) is 21.3 Å². The lowest BCUT2D eigenvalue weighted by molar-refractivity contribution is 0.111. The molecule has 0 amide bonds. The summed E-state index contributed by atoms with van der Waals surface area (Å²) in [4.78, 5) is 10.4. The fraction of sp³-hybridized carbons (Fsp3) is 0.100. The van der Waals surface area contributed by atoms with E-state index in [0.717, 1.165) is 5.56 Å². The molecule has 82 valence electrons. The SMILES string of the molecule is O=Cc1cn(Cc2ccc(Cl)c(Cl)c2)nn1. The lowest BCUT2D eigenvalue weighted by Crippen LogP contribution is -2.00. The van der Waals surface area contributed by atoms with Crippen LogP contribution in [0.2, 0.25) is 10.0 Å². The number of carbonyl (C=O) groups is 1. The molecule has 2 aromatic rings. The van der Waals surface area contributed by atoms with E-state index in [1.165, 1.54) is 0 Å². The largest absolute Gasteiger partial charge is 0.296 e. The van der Waals surface area contributed by atoms with E-state index in [2.05, 4.69) is 10.3 Å². The summed E-state index contributed by atoms with van der Waals surface area (Å²) in [6, 6.07) is 5.32. The predicted molar refractivity (Wildman–Crippen MR) is 61.0 cm³/mol. The molecule has 0 atom stereocenters. The molecule has 6 heteroatoms. The molecule has 16 heavy (non-hydrogen) atoms. The van der Waals surface area contributed by atoms with Gasteiger partial charge in [-0.05, 0) is 17.7 Å². The fourth-order valence-electron chi connectivity index (χ4n) is 1.27. The molecule has 0 N–H and O–H groups in total. The first-order valence-corrected chi connectivity index (χ1v) is 5.24.